The van der Waals surface area contributed by atoms with E-state index in [1.54, 1.807) is 10.6 Å². The van der Waals surface area contributed by atoms with Crippen LogP contribution in [0.15, 0.2) is 47.6 Å². The van der Waals surface area contributed by atoms with Crippen molar-refractivity contribution in [2.75, 3.05) is 18.2 Å². The predicted octanol–water partition coefficient (Wildman–Crippen LogP) is 3.18. The minimum Gasteiger partial charge on any atom is -0.495 e. The summed E-state index contributed by atoms with van der Waals surface area (Å²) in [5.41, 5.74) is 1.60. The van der Waals surface area contributed by atoms with E-state index in [0.29, 0.717) is 29.0 Å². The highest BCUT2D eigenvalue weighted by molar-refractivity contribution is 7.99. The average molecular weight is 485 g/mol. The maximum absolute atomic E-state index is 12.5. The molecule has 0 unspecified atom stereocenters. The summed E-state index contributed by atoms with van der Waals surface area (Å²) >= 11 is 1.22. The number of ether oxygens (including phenoxy) is 1. The number of non-ortho nitro benzene ring substituents is 1. The van der Waals surface area contributed by atoms with Crippen LogP contribution in [-0.2, 0) is 17.9 Å². The first-order chi connectivity index (χ1) is 16.3. The minimum absolute atomic E-state index is 0.0790. The molecule has 1 heterocycles. The SMILES string of the molecule is CCn1c(CNC(=O)c2cccc([N+](=O)[O-])c2)nnc1SCC(=O)Nc1cc(C)ccc1OC. The summed E-state index contributed by atoms with van der Waals surface area (Å²) in [5.74, 6) is 0.497. The van der Waals surface area contributed by atoms with Crippen molar-refractivity contribution in [2.24, 2.45) is 0 Å². The molecule has 2 amide bonds. The predicted molar refractivity (Wildman–Crippen MR) is 127 cm³/mol. The molecule has 0 spiro atoms. The van der Waals surface area contributed by atoms with Gasteiger partial charge in [0.05, 0.1) is 30.0 Å². The maximum Gasteiger partial charge on any atom is 0.270 e. The van der Waals surface area contributed by atoms with Gasteiger partial charge in [0.2, 0.25) is 5.91 Å². The van der Waals surface area contributed by atoms with Gasteiger partial charge in [0, 0.05) is 24.2 Å². The van der Waals surface area contributed by atoms with Gasteiger partial charge in [-0.3, -0.25) is 19.7 Å². The highest BCUT2D eigenvalue weighted by Gasteiger charge is 2.16. The van der Waals surface area contributed by atoms with Crippen LogP contribution in [0.2, 0.25) is 0 Å². The van der Waals surface area contributed by atoms with E-state index in [1.165, 1.54) is 43.1 Å². The van der Waals surface area contributed by atoms with Crippen molar-refractivity contribution in [3.05, 3.63) is 69.5 Å². The molecule has 0 saturated carbocycles. The second-order valence-corrected chi connectivity index (χ2v) is 8.12. The number of nitrogens with zero attached hydrogens (tertiary/aromatic N) is 4. The number of amides is 2. The first-order valence-electron chi connectivity index (χ1n) is 10.3. The van der Waals surface area contributed by atoms with E-state index in [-0.39, 0.29) is 29.5 Å². The molecule has 0 bridgehead atoms. The van der Waals surface area contributed by atoms with Gasteiger partial charge in [-0.2, -0.15) is 0 Å². The zero-order valence-corrected chi connectivity index (χ0v) is 19.7. The molecule has 3 aromatic rings. The fourth-order valence-corrected chi connectivity index (χ4v) is 3.95. The van der Waals surface area contributed by atoms with Crippen LogP contribution in [-0.4, -0.2) is 44.4 Å². The fraction of sp³-hybridized carbons (Fsp3) is 0.273. The molecule has 0 saturated heterocycles. The summed E-state index contributed by atoms with van der Waals surface area (Å²) in [6.07, 6.45) is 0. The largest absolute Gasteiger partial charge is 0.495 e. The number of methoxy groups -OCH3 is 1. The number of nitrogens with one attached hydrogen (secondary N) is 2. The van der Waals surface area contributed by atoms with E-state index in [0.717, 1.165) is 5.56 Å². The Morgan fingerprint density at radius 2 is 2.00 bits per heavy atom. The maximum atomic E-state index is 12.5. The second-order valence-electron chi connectivity index (χ2n) is 7.17. The number of rotatable bonds is 10. The number of anilines is 1. The molecule has 0 atom stereocenters. The summed E-state index contributed by atoms with van der Waals surface area (Å²) in [6, 6.07) is 11.0. The lowest BCUT2D eigenvalue weighted by molar-refractivity contribution is -0.384. The lowest BCUT2D eigenvalue weighted by atomic mass is 10.2. The van der Waals surface area contributed by atoms with E-state index in [9.17, 15) is 19.7 Å². The molecule has 0 aliphatic carbocycles. The number of hydrogen-bond acceptors (Lipinski definition) is 8. The van der Waals surface area contributed by atoms with Gasteiger partial charge >= 0.3 is 0 Å². The molecule has 2 N–H and O–H groups in total. The first kappa shape index (κ1) is 24.7. The minimum atomic E-state index is -0.556. The van der Waals surface area contributed by atoms with Crippen molar-refractivity contribution in [1.29, 1.82) is 0 Å². The molecule has 2 aromatic carbocycles. The standard InChI is InChI=1S/C22H24N6O5S/c1-4-27-19(12-23-21(30)15-6-5-7-16(11-15)28(31)32)25-26-22(27)34-13-20(29)24-17-10-14(2)8-9-18(17)33-3/h5-11H,4,12-13H2,1-3H3,(H,23,30)(H,24,29). The van der Waals surface area contributed by atoms with Gasteiger partial charge in [-0.05, 0) is 37.6 Å². The Hall–Kier alpha value is -3.93. The summed E-state index contributed by atoms with van der Waals surface area (Å²) in [7, 11) is 1.54. The molecule has 0 aliphatic heterocycles. The molecular weight excluding hydrogens is 460 g/mol. The van der Waals surface area contributed by atoms with Gasteiger partial charge in [-0.1, -0.05) is 23.9 Å². The van der Waals surface area contributed by atoms with Gasteiger partial charge in [0.25, 0.3) is 11.6 Å². The van der Waals surface area contributed by atoms with Crippen molar-refractivity contribution < 1.29 is 19.2 Å². The average Bonchev–Trinajstić information content (AvgIpc) is 3.23. The Bertz CT molecular complexity index is 1210. The van der Waals surface area contributed by atoms with E-state index in [4.69, 9.17) is 4.74 Å². The third-order valence-corrected chi connectivity index (χ3v) is 5.76. The monoisotopic (exact) mass is 484 g/mol. The van der Waals surface area contributed by atoms with Crippen LogP contribution >= 0.6 is 11.8 Å². The summed E-state index contributed by atoms with van der Waals surface area (Å²) < 4.78 is 7.07. The number of benzene rings is 2. The van der Waals surface area contributed by atoms with Crippen molar-refractivity contribution in [2.45, 2.75) is 32.1 Å². The number of nitro groups is 1. The molecule has 1 aromatic heterocycles. The van der Waals surface area contributed by atoms with Crippen LogP contribution < -0.4 is 15.4 Å². The Kier molecular flexibility index (Phi) is 8.19. The summed E-state index contributed by atoms with van der Waals surface area (Å²) in [4.78, 5) is 35.2. The second kappa shape index (κ2) is 11.3. The quantitative estimate of drug-likeness (QED) is 0.254. The molecular formula is C22H24N6O5S. The smallest absolute Gasteiger partial charge is 0.270 e. The number of carbonyl (C=O) groups excluding carboxylic acids is 2. The van der Waals surface area contributed by atoms with Gasteiger partial charge in [0.15, 0.2) is 11.0 Å². The fourth-order valence-electron chi connectivity index (χ4n) is 3.13. The van der Waals surface area contributed by atoms with Crippen LogP contribution in [0.1, 0.15) is 28.7 Å². The van der Waals surface area contributed by atoms with Crippen molar-refractivity contribution >= 4 is 35.0 Å². The van der Waals surface area contributed by atoms with Gasteiger partial charge in [0.1, 0.15) is 5.75 Å². The van der Waals surface area contributed by atoms with Gasteiger partial charge in [-0.15, -0.1) is 10.2 Å². The molecule has 34 heavy (non-hydrogen) atoms. The van der Waals surface area contributed by atoms with E-state index in [2.05, 4.69) is 20.8 Å². The molecule has 0 fully saturated rings. The van der Waals surface area contributed by atoms with Crippen molar-refractivity contribution in [3.63, 3.8) is 0 Å². The Labute approximate surface area is 200 Å². The Balaban J connectivity index is 1.60. The van der Waals surface area contributed by atoms with E-state index >= 15 is 0 Å². The topological polar surface area (TPSA) is 141 Å². The third-order valence-electron chi connectivity index (χ3n) is 4.80. The van der Waals surface area contributed by atoms with Crippen LogP contribution in [0.3, 0.4) is 0 Å². The van der Waals surface area contributed by atoms with E-state index in [1.807, 2.05) is 26.0 Å². The number of aromatic nitrogens is 3. The summed E-state index contributed by atoms with van der Waals surface area (Å²) in [6.45, 7) is 4.43. The molecule has 178 valence electrons. The van der Waals surface area contributed by atoms with Gasteiger partial charge in [-0.25, -0.2) is 0 Å². The van der Waals surface area contributed by atoms with E-state index < -0.39 is 10.8 Å². The molecule has 3 rings (SSSR count). The number of nitro benzene ring substituents is 1. The van der Waals surface area contributed by atoms with Crippen molar-refractivity contribution in [1.82, 2.24) is 20.1 Å². The number of carbonyl (C=O) groups is 2. The van der Waals surface area contributed by atoms with Crippen LogP contribution in [0, 0.1) is 17.0 Å². The zero-order valence-electron chi connectivity index (χ0n) is 18.9. The van der Waals surface area contributed by atoms with Crippen LogP contribution in [0.25, 0.3) is 0 Å². The first-order valence-corrected chi connectivity index (χ1v) is 11.3. The lowest BCUT2D eigenvalue weighted by Gasteiger charge is -2.11. The Morgan fingerprint density at radius 1 is 1.21 bits per heavy atom. The molecule has 11 nitrogen and oxygen atoms in total. The number of hydrogen-bond donors (Lipinski definition) is 2. The number of thioether (sulfide) groups is 1. The zero-order chi connectivity index (χ0) is 24.7. The van der Waals surface area contributed by atoms with Crippen LogP contribution in [0.4, 0.5) is 11.4 Å². The highest BCUT2D eigenvalue weighted by atomic mass is 32.2. The normalized spacial score (nSPS) is 10.6. The molecule has 12 heteroatoms. The third kappa shape index (κ3) is 6.10. The lowest BCUT2D eigenvalue weighted by Crippen LogP contribution is -2.25. The molecule has 0 radical (unpaired) electrons. The van der Waals surface area contributed by atoms with Gasteiger partial charge < -0.3 is 19.9 Å². The highest BCUT2D eigenvalue weighted by Crippen LogP contribution is 2.26. The van der Waals surface area contributed by atoms with Crippen molar-refractivity contribution in [3.8, 4) is 5.75 Å². The number of aryl methyl sites for hydroxylation is 1. The molecule has 0 aliphatic rings. The van der Waals surface area contributed by atoms with Crippen LogP contribution in [0.5, 0.6) is 5.75 Å². The summed E-state index contributed by atoms with van der Waals surface area (Å²) in [5, 5.41) is 25.2. The Morgan fingerprint density at radius 3 is 2.71 bits per heavy atom.